The Bertz CT molecular complexity index is 869. The molecule has 0 bridgehead atoms. The van der Waals surface area contributed by atoms with Gasteiger partial charge in [-0.15, -0.1) is 0 Å². The van der Waals surface area contributed by atoms with Crippen LogP contribution in [0.5, 0.6) is 0 Å². The highest BCUT2D eigenvalue weighted by Gasteiger charge is 2.29. The molecule has 0 aliphatic carbocycles. The van der Waals surface area contributed by atoms with Crippen molar-refractivity contribution in [1.82, 2.24) is 0 Å². The van der Waals surface area contributed by atoms with Crippen LogP contribution in [0.25, 0.3) is 0 Å². The van der Waals surface area contributed by atoms with E-state index in [4.69, 9.17) is 0 Å². The first-order valence-electron chi connectivity index (χ1n) is 6.26. The standard InChI is InChI=1S/C14H11NO5S2/c1-20-22(18,19)12-5-9(14(17)8-2-3-21-7-8)4-11-10(12)6-13(16)15-11/h2-5,7H,6H2,1H3,(H,15,16). The molecule has 0 radical (unpaired) electrons. The fourth-order valence-electron chi connectivity index (χ4n) is 2.30. The zero-order chi connectivity index (χ0) is 15.9. The Morgan fingerprint density at radius 1 is 1.32 bits per heavy atom. The molecule has 0 saturated heterocycles. The van der Waals surface area contributed by atoms with Gasteiger partial charge in [-0.25, -0.2) is 0 Å². The number of ketones is 1. The summed E-state index contributed by atoms with van der Waals surface area (Å²) in [4.78, 5) is 23.8. The summed E-state index contributed by atoms with van der Waals surface area (Å²) in [5, 5.41) is 6.00. The van der Waals surface area contributed by atoms with Crippen LogP contribution in [0.2, 0.25) is 0 Å². The van der Waals surface area contributed by atoms with Crippen molar-refractivity contribution < 1.29 is 22.2 Å². The van der Waals surface area contributed by atoms with E-state index in [9.17, 15) is 18.0 Å². The van der Waals surface area contributed by atoms with Gasteiger partial charge in [-0.05, 0) is 23.6 Å². The number of carbonyl (C=O) groups excluding carboxylic acids is 2. The largest absolute Gasteiger partial charge is 0.325 e. The number of nitrogens with one attached hydrogen (secondary N) is 1. The molecule has 22 heavy (non-hydrogen) atoms. The lowest BCUT2D eigenvalue weighted by atomic mass is 10.0. The van der Waals surface area contributed by atoms with E-state index in [1.54, 1.807) is 16.8 Å². The third kappa shape index (κ3) is 2.45. The predicted octanol–water partition coefficient (Wildman–Crippen LogP) is 1.81. The molecule has 1 aromatic carbocycles. The fraction of sp³-hybridized carbons (Fsp3) is 0.143. The lowest BCUT2D eigenvalue weighted by molar-refractivity contribution is -0.115. The van der Waals surface area contributed by atoms with Crippen molar-refractivity contribution in [3.63, 3.8) is 0 Å². The van der Waals surface area contributed by atoms with Crippen molar-refractivity contribution in [3.05, 3.63) is 45.6 Å². The lowest BCUT2D eigenvalue weighted by Crippen LogP contribution is -2.09. The third-order valence-corrected chi connectivity index (χ3v) is 5.38. The SMILES string of the molecule is COS(=O)(=O)c1cc(C(=O)c2ccsc2)cc2c1CC(=O)N2. The van der Waals surface area contributed by atoms with Crippen LogP contribution < -0.4 is 5.32 Å². The summed E-state index contributed by atoms with van der Waals surface area (Å²) in [7, 11) is -2.97. The van der Waals surface area contributed by atoms with Gasteiger partial charge in [0, 0.05) is 27.8 Å². The van der Waals surface area contributed by atoms with Gasteiger partial charge in [-0.3, -0.25) is 13.8 Å². The maximum absolute atomic E-state index is 12.4. The summed E-state index contributed by atoms with van der Waals surface area (Å²) in [6.07, 6.45) is -0.0554. The minimum Gasteiger partial charge on any atom is -0.325 e. The maximum atomic E-state index is 12.4. The van der Waals surface area contributed by atoms with E-state index in [1.165, 1.54) is 23.5 Å². The highest BCUT2D eigenvalue weighted by molar-refractivity contribution is 7.86. The van der Waals surface area contributed by atoms with Crippen LogP contribution in [0.15, 0.2) is 33.9 Å². The first-order valence-corrected chi connectivity index (χ1v) is 8.62. The van der Waals surface area contributed by atoms with Gasteiger partial charge in [0.1, 0.15) is 4.90 Å². The number of anilines is 1. The van der Waals surface area contributed by atoms with Crippen molar-refractivity contribution in [2.75, 3.05) is 12.4 Å². The minimum atomic E-state index is -4.01. The van der Waals surface area contributed by atoms with Crippen LogP contribution in [-0.4, -0.2) is 27.2 Å². The molecular formula is C14H11NO5S2. The van der Waals surface area contributed by atoms with E-state index >= 15 is 0 Å². The Morgan fingerprint density at radius 2 is 2.09 bits per heavy atom. The van der Waals surface area contributed by atoms with E-state index in [0.29, 0.717) is 16.8 Å². The Morgan fingerprint density at radius 3 is 2.73 bits per heavy atom. The van der Waals surface area contributed by atoms with Gasteiger partial charge in [0.15, 0.2) is 5.78 Å². The molecule has 0 fully saturated rings. The molecule has 2 aromatic rings. The number of fused-ring (bicyclic) bond motifs is 1. The zero-order valence-electron chi connectivity index (χ0n) is 11.5. The fourth-order valence-corrected chi connectivity index (χ4v) is 3.87. The molecule has 0 spiro atoms. The van der Waals surface area contributed by atoms with E-state index in [1.807, 2.05) is 0 Å². The molecule has 0 unspecified atom stereocenters. The smallest absolute Gasteiger partial charge is 0.297 e. The van der Waals surface area contributed by atoms with E-state index in [2.05, 4.69) is 9.50 Å². The lowest BCUT2D eigenvalue weighted by Gasteiger charge is -2.09. The molecule has 1 N–H and O–H groups in total. The second kappa shape index (κ2) is 5.31. The summed E-state index contributed by atoms with van der Waals surface area (Å²) in [6, 6.07) is 4.41. The van der Waals surface area contributed by atoms with E-state index in [-0.39, 0.29) is 28.6 Å². The normalized spacial score (nSPS) is 13.8. The van der Waals surface area contributed by atoms with Crippen LogP contribution in [0.4, 0.5) is 5.69 Å². The molecule has 0 saturated carbocycles. The van der Waals surface area contributed by atoms with Gasteiger partial charge in [0.2, 0.25) is 5.91 Å². The van der Waals surface area contributed by atoms with Gasteiger partial charge in [0.05, 0.1) is 13.5 Å². The number of benzene rings is 1. The number of rotatable bonds is 4. The molecule has 2 heterocycles. The molecule has 114 valence electrons. The molecule has 1 aromatic heterocycles. The summed E-state index contributed by atoms with van der Waals surface area (Å²) in [5.41, 5.74) is 1.32. The first-order chi connectivity index (χ1) is 10.4. The number of amides is 1. The highest BCUT2D eigenvalue weighted by Crippen LogP contribution is 2.32. The average Bonchev–Trinajstić information content (AvgIpc) is 3.13. The molecule has 3 rings (SSSR count). The molecular weight excluding hydrogens is 326 g/mol. The Balaban J connectivity index is 2.19. The summed E-state index contributed by atoms with van der Waals surface area (Å²) >= 11 is 1.37. The zero-order valence-corrected chi connectivity index (χ0v) is 13.1. The molecule has 1 aliphatic heterocycles. The van der Waals surface area contributed by atoms with Crippen molar-refractivity contribution in [1.29, 1.82) is 0 Å². The monoisotopic (exact) mass is 337 g/mol. The van der Waals surface area contributed by atoms with Crippen molar-refractivity contribution in [3.8, 4) is 0 Å². The van der Waals surface area contributed by atoms with Crippen LogP contribution in [0.1, 0.15) is 21.5 Å². The molecule has 6 nitrogen and oxygen atoms in total. The Labute approximate surface area is 130 Å². The van der Waals surface area contributed by atoms with Crippen LogP contribution >= 0.6 is 11.3 Å². The van der Waals surface area contributed by atoms with Crippen molar-refractivity contribution >= 4 is 38.8 Å². The average molecular weight is 337 g/mol. The second-order valence-corrected chi connectivity index (χ2v) is 7.15. The maximum Gasteiger partial charge on any atom is 0.297 e. The number of carbonyl (C=O) groups is 2. The Hall–Kier alpha value is -2.03. The van der Waals surface area contributed by atoms with Crippen LogP contribution in [0, 0.1) is 0 Å². The molecule has 1 amide bonds. The van der Waals surface area contributed by atoms with Crippen LogP contribution in [0.3, 0.4) is 0 Å². The predicted molar refractivity (Wildman–Crippen MR) is 80.7 cm³/mol. The van der Waals surface area contributed by atoms with Crippen molar-refractivity contribution in [2.24, 2.45) is 0 Å². The van der Waals surface area contributed by atoms with Crippen LogP contribution in [-0.2, 0) is 25.5 Å². The van der Waals surface area contributed by atoms with E-state index < -0.39 is 10.1 Å². The van der Waals surface area contributed by atoms with Gasteiger partial charge < -0.3 is 5.32 Å². The van der Waals surface area contributed by atoms with Gasteiger partial charge >= 0.3 is 0 Å². The number of hydrogen-bond donors (Lipinski definition) is 1. The highest BCUT2D eigenvalue weighted by atomic mass is 32.2. The summed E-state index contributed by atoms with van der Waals surface area (Å²) < 4.78 is 28.6. The molecule has 1 aliphatic rings. The van der Waals surface area contributed by atoms with Gasteiger partial charge in [0.25, 0.3) is 10.1 Å². The van der Waals surface area contributed by atoms with Gasteiger partial charge in [-0.2, -0.15) is 19.8 Å². The topological polar surface area (TPSA) is 89.5 Å². The summed E-state index contributed by atoms with van der Waals surface area (Å²) in [5.74, 6) is -0.625. The van der Waals surface area contributed by atoms with E-state index in [0.717, 1.165) is 7.11 Å². The van der Waals surface area contributed by atoms with Crippen molar-refractivity contribution in [2.45, 2.75) is 11.3 Å². The van der Waals surface area contributed by atoms with Gasteiger partial charge in [-0.1, -0.05) is 0 Å². The Kier molecular flexibility index (Phi) is 3.59. The summed E-state index contributed by atoms with van der Waals surface area (Å²) in [6.45, 7) is 0. The molecule has 8 heteroatoms. The second-order valence-electron chi connectivity index (χ2n) is 4.69. The number of hydrogen-bond acceptors (Lipinski definition) is 6. The third-order valence-electron chi connectivity index (χ3n) is 3.35. The first kappa shape index (κ1) is 14.9. The molecule has 0 atom stereocenters. The quantitative estimate of drug-likeness (QED) is 0.679. The number of thiophene rings is 1. The minimum absolute atomic E-state index is 0.0554.